The Bertz CT molecular complexity index is 2750. The van der Waals surface area contributed by atoms with E-state index in [0.29, 0.717) is 0 Å². The predicted molar refractivity (Wildman–Crippen MR) is 298 cm³/mol. The lowest BCUT2D eigenvalue weighted by Crippen LogP contribution is -2.68. The number of ether oxygens (including phenoxy) is 14. The van der Waals surface area contributed by atoms with Crippen LogP contribution in [0.1, 0.15) is 20.7 Å². The molecule has 35 atom stereocenters. The first-order valence-electron chi connectivity index (χ1n) is 30.2. The van der Waals surface area contributed by atoms with Crippen LogP contribution in [0.15, 0.2) is 48.5 Å². The quantitative estimate of drug-likeness (QED) is 0.0885. The molecule has 536 valence electrons. The summed E-state index contributed by atoms with van der Waals surface area (Å²) < 4.78 is 82.5. The average molecular weight is 1370 g/mol. The van der Waals surface area contributed by atoms with E-state index in [4.69, 9.17) is 66.3 Å². The summed E-state index contributed by atoms with van der Waals surface area (Å²) in [6.45, 7) is -6.66. The van der Waals surface area contributed by atoms with Gasteiger partial charge in [-0.2, -0.15) is 0 Å². The third-order valence-electron chi connectivity index (χ3n) is 17.7. The zero-order chi connectivity index (χ0) is 68.6. The maximum atomic E-state index is 12.3. The van der Waals surface area contributed by atoms with Gasteiger partial charge in [0.15, 0.2) is 44.0 Å². The average Bonchev–Trinajstić information content (AvgIpc) is 0.796. The molecule has 21 aliphatic heterocycles. The molecule has 21 saturated heterocycles. The van der Waals surface area contributed by atoms with Crippen molar-refractivity contribution in [1.82, 2.24) is 0 Å². The number of hydrogen-bond acceptors (Lipinski definition) is 37. The molecule has 0 radical (unpaired) electrons. The zero-order valence-electron chi connectivity index (χ0n) is 49.7. The molecule has 14 bridgehead atoms. The molecule has 0 aliphatic carbocycles. The summed E-state index contributed by atoms with van der Waals surface area (Å²) in [5, 5.41) is 242. The van der Waals surface area contributed by atoms with Crippen LogP contribution in [0.25, 0.3) is 0 Å². The Kier molecular flexibility index (Phi) is 24.3. The normalized spacial score (nSPS) is 46.9. The second-order valence-electron chi connectivity index (χ2n) is 23.7. The Morgan fingerprint density at radius 3 is 0.642 bits per heavy atom. The highest BCUT2D eigenvalue weighted by Crippen LogP contribution is 2.40. The van der Waals surface area contributed by atoms with Crippen molar-refractivity contribution >= 4 is 23.3 Å². The minimum atomic E-state index is -2.32. The van der Waals surface area contributed by atoms with Crippen molar-refractivity contribution < 1.29 is 183 Å². The molecular weight excluding hydrogens is 1290 g/mol. The Morgan fingerprint density at radius 2 is 0.453 bits per heavy atom. The van der Waals surface area contributed by atoms with Gasteiger partial charge in [-0.25, -0.2) is 9.59 Å². The van der Waals surface area contributed by atoms with E-state index in [1.54, 1.807) is 0 Å². The summed E-state index contributed by atoms with van der Waals surface area (Å²) in [6.07, 6.45) is -72.5. The third-order valence-corrected chi connectivity index (χ3v) is 17.7. The van der Waals surface area contributed by atoms with Crippen LogP contribution in [-0.4, -0.2) is 380 Å². The number of aromatic carboxylic acids is 2. The molecule has 2 aromatic rings. The molecule has 0 aromatic heterocycles. The fourth-order valence-corrected chi connectivity index (χ4v) is 12.5. The number of benzene rings is 2. The van der Waals surface area contributed by atoms with Gasteiger partial charge in [-0.3, -0.25) is 0 Å². The van der Waals surface area contributed by atoms with Crippen LogP contribution in [-0.2, 0) is 66.3 Å². The van der Waals surface area contributed by atoms with Crippen molar-refractivity contribution in [2.24, 2.45) is 0 Å². The minimum absolute atomic E-state index is 0.0533. The molecule has 39 heteroatoms. The molecule has 23 N–H and O–H groups in total. The Morgan fingerprint density at radius 1 is 0.274 bits per heavy atom. The fourth-order valence-electron chi connectivity index (χ4n) is 12.5. The first-order valence-corrected chi connectivity index (χ1v) is 30.2. The third kappa shape index (κ3) is 15.1. The number of aliphatic hydroxyl groups is 19. The van der Waals surface area contributed by atoms with Crippen LogP contribution in [0.4, 0.5) is 11.4 Å². The van der Waals surface area contributed by atoms with Crippen LogP contribution in [0.5, 0.6) is 0 Å². The van der Waals surface area contributed by atoms with Gasteiger partial charge in [0.05, 0.1) is 44.2 Å². The van der Waals surface area contributed by atoms with Gasteiger partial charge in [-0.05, 0) is 24.3 Å². The van der Waals surface area contributed by atoms with Crippen LogP contribution in [0.2, 0.25) is 0 Å². The van der Waals surface area contributed by atoms with Gasteiger partial charge in [0.2, 0.25) is 0 Å². The van der Waals surface area contributed by atoms with Gasteiger partial charge in [-0.1, -0.05) is 24.3 Å². The van der Waals surface area contributed by atoms with Gasteiger partial charge in [0.1, 0.15) is 171 Å². The van der Waals surface area contributed by atoms with Gasteiger partial charge in [0.25, 0.3) is 0 Å². The summed E-state index contributed by atoms with van der Waals surface area (Å²) in [7, 11) is 0. The number of hydrogen-bond donors (Lipinski definition) is 23. The second-order valence-corrected chi connectivity index (χ2v) is 23.7. The van der Waals surface area contributed by atoms with E-state index >= 15 is 0 Å². The van der Waals surface area contributed by atoms with E-state index in [2.05, 4.69) is 10.6 Å². The molecule has 2 aromatic carbocycles. The minimum Gasteiger partial charge on any atom is -0.478 e. The molecule has 21 heterocycles. The highest BCUT2D eigenvalue weighted by Gasteiger charge is 2.60. The summed E-state index contributed by atoms with van der Waals surface area (Å²) >= 11 is 0. The number of carboxylic acids is 2. The molecule has 39 nitrogen and oxygen atoms in total. The Hall–Kier alpha value is -4.34. The number of anilines is 2. The molecular formula is C56H80N2O37. The van der Waals surface area contributed by atoms with Crippen molar-refractivity contribution in [2.45, 2.75) is 215 Å². The maximum absolute atomic E-state index is 12.3. The van der Waals surface area contributed by atoms with Crippen LogP contribution in [0.3, 0.4) is 0 Å². The van der Waals surface area contributed by atoms with Gasteiger partial charge in [0, 0.05) is 24.5 Å². The molecule has 0 saturated carbocycles. The molecule has 95 heavy (non-hydrogen) atoms. The molecule has 0 spiro atoms. The topological polar surface area (TPSA) is 612 Å². The largest absolute Gasteiger partial charge is 0.478 e. The van der Waals surface area contributed by atoms with Crippen molar-refractivity contribution in [3.8, 4) is 0 Å². The van der Waals surface area contributed by atoms with E-state index in [0.717, 1.165) is 0 Å². The van der Waals surface area contributed by atoms with E-state index in [9.17, 15) is 117 Å². The van der Waals surface area contributed by atoms with Gasteiger partial charge < -0.3 is 184 Å². The summed E-state index contributed by atoms with van der Waals surface area (Å²) in [6, 6.07) is 10.9. The van der Waals surface area contributed by atoms with E-state index < -0.39 is 273 Å². The highest BCUT2D eigenvalue weighted by molar-refractivity contribution is 5.94. The van der Waals surface area contributed by atoms with Crippen LogP contribution >= 0.6 is 0 Å². The SMILES string of the molecule is O=C(O)c1ccccc1NC[C@H]1O[C@@H]2O[C@H]3[C@H](O)[C@H](O)[C@@H](O[C@H]4[C@H](O)[C@H](O)[C@@H](O[C@H]5[C@H](O)[C@@H](O)[C@@H](O[C@H]6[C@H](O)[C@@H](O)[C@@H](O[C@H]7[C@H](O)[C@@H](O)[C@@H](O[C@H]8[C@H](O)[C@@H](O)[C@@H](O[C@H]1[C@H](O)[C@@H]2O)O[C@@H]8CNc1ccccc1C(=O)O)O[C@@H]7CO)O[C@@H]6CO)O[C@@H]5CO)O[C@@H]4CO)O[C@@H]3CO. The maximum Gasteiger partial charge on any atom is 0.337 e. The van der Waals surface area contributed by atoms with E-state index in [-0.39, 0.29) is 22.5 Å². The highest BCUT2D eigenvalue weighted by atomic mass is 16.8. The van der Waals surface area contributed by atoms with Crippen LogP contribution < -0.4 is 10.6 Å². The smallest absolute Gasteiger partial charge is 0.337 e. The fraction of sp³-hybridized carbons (Fsp3) is 0.750. The molecule has 21 fully saturated rings. The summed E-state index contributed by atoms with van der Waals surface area (Å²) in [4.78, 5) is 24.6. The van der Waals surface area contributed by atoms with Crippen molar-refractivity contribution in [2.75, 3.05) is 56.8 Å². The molecule has 0 amide bonds. The number of para-hydroxylation sites is 2. The molecule has 21 aliphatic rings. The first-order chi connectivity index (χ1) is 45.3. The van der Waals surface area contributed by atoms with Crippen LogP contribution in [0, 0.1) is 0 Å². The zero-order valence-corrected chi connectivity index (χ0v) is 49.7. The number of carbonyl (C=O) groups is 2. The monoisotopic (exact) mass is 1370 g/mol. The van der Waals surface area contributed by atoms with Crippen molar-refractivity contribution in [1.29, 1.82) is 0 Å². The molecule has 23 rings (SSSR count). The van der Waals surface area contributed by atoms with Crippen molar-refractivity contribution in [3.63, 3.8) is 0 Å². The Balaban J connectivity index is 0.990. The lowest BCUT2D eigenvalue weighted by atomic mass is 9.94. The van der Waals surface area contributed by atoms with Gasteiger partial charge >= 0.3 is 11.9 Å². The number of aliphatic hydroxyl groups excluding tert-OH is 19. The molecule has 0 unspecified atom stereocenters. The van der Waals surface area contributed by atoms with E-state index in [1.165, 1.54) is 48.5 Å². The summed E-state index contributed by atoms with van der Waals surface area (Å²) in [5.74, 6) is -2.82. The van der Waals surface area contributed by atoms with E-state index in [1.807, 2.05) is 0 Å². The standard InChI is InChI=1S/C56H80N2O37/c59-11-22-43-30(67)37(74)53(85-22)93-45-24(13-61)87-55(39(76)32(45)69)95-47-26(15-63)88-56(40(77)33(47)70)94-46-25(14-62)86-54(38(75)31(46)68)92-44-23(12-60)84-52(36(73)29(44)66)90-42-21(10-58-19-8-4-2-6-17(19)49(80)81)82-50(34(71)27(42)64)89-41-20(83-51(91-43)35(72)28(41)65)9-57-18-7-3-1-5-16(18)48(78)79/h1-8,20-47,50-77H,9-15H2,(H,78,79)(H,80,81)/t20-,21-,22-,23-,24-,25-,26-,27-,28-,29-,30-,31-,32-,33-,34-,35+,36-,37+,38-,39+,40-,41-,42-,43-,44-,45-,46-,47-,50-,51-,52-,53-,54-,55-,56-/m1/s1. The predicted octanol–water partition coefficient (Wildman–Crippen LogP) is -11.6. The Labute approximate surface area is 536 Å². The number of rotatable bonds is 13. The number of nitrogens with one attached hydrogen (secondary N) is 2. The first kappa shape index (κ1) is 73.4. The lowest BCUT2D eigenvalue weighted by molar-refractivity contribution is -0.396. The van der Waals surface area contributed by atoms with Crippen molar-refractivity contribution in [3.05, 3.63) is 59.7 Å². The number of carboxylic acid groups (broad SMARTS) is 2. The second kappa shape index (κ2) is 31.5. The summed E-state index contributed by atoms with van der Waals surface area (Å²) in [5.41, 5.74) is -0.676. The van der Waals surface area contributed by atoms with Gasteiger partial charge in [-0.15, -0.1) is 0 Å². The lowest BCUT2D eigenvalue weighted by Gasteiger charge is -2.50.